The summed E-state index contributed by atoms with van der Waals surface area (Å²) in [6.45, 7) is 1.65. The Kier molecular flexibility index (Phi) is 5.26. The fraction of sp³-hybridized carbons (Fsp3) is 0.190. The largest absolute Gasteiger partial charge is 0.416 e. The van der Waals surface area contributed by atoms with Crippen LogP contribution in [0.1, 0.15) is 35.1 Å². The van der Waals surface area contributed by atoms with E-state index in [4.69, 9.17) is 16.9 Å². The zero-order chi connectivity index (χ0) is 22.6. The third-order valence-corrected chi connectivity index (χ3v) is 6.36. The van der Waals surface area contributed by atoms with Crippen molar-refractivity contribution in [3.05, 3.63) is 79.6 Å². The Labute approximate surface area is 194 Å². The molecule has 0 bridgehead atoms. The van der Waals surface area contributed by atoms with Gasteiger partial charge in [0, 0.05) is 10.9 Å². The summed E-state index contributed by atoms with van der Waals surface area (Å²) in [6, 6.07) is 11.7. The molecule has 2 atom stereocenters. The number of carbonyl (C=O) groups is 1. The van der Waals surface area contributed by atoms with Gasteiger partial charge < -0.3 is 0 Å². The van der Waals surface area contributed by atoms with Crippen LogP contribution in [0.2, 0.25) is 5.02 Å². The van der Waals surface area contributed by atoms with E-state index in [1.165, 1.54) is 6.07 Å². The highest BCUT2D eigenvalue weighted by molar-refractivity contribution is 14.1. The van der Waals surface area contributed by atoms with Gasteiger partial charge in [-0.15, -0.1) is 0 Å². The molecule has 1 amide bonds. The van der Waals surface area contributed by atoms with Crippen molar-refractivity contribution >= 4 is 46.0 Å². The Morgan fingerprint density at radius 1 is 1.23 bits per heavy atom. The van der Waals surface area contributed by atoms with Gasteiger partial charge in [0.15, 0.2) is 0 Å². The van der Waals surface area contributed by atoms with E-state index in [0.29, 0.717) is 20.8 Å². The van der Waals surface area contributed by atoms with Gasteiger partial charge in [-0.25, -0.2) is 4.98 Å². The van der Waals surface area contributed by atoms with Crippen LogP contribution in [0.25, 0.3) is 0 Å². The Balaban J connectivity index is 2.00. The Morgan fingerprint density at radius 3 is 2.52 bits per heavy atom. The molecule has 1 N–H and O–H groups in total. The number of benzene rings is 2. The van der Waals surface area contributed by atoms with Crippen LogP contribution in [0.4, 0.5) is 19.1 Å². The van der Waals surface area contributed by atoms with E-state index in [9.17, 15) is 18.0 Å². The first kappa shape index (κ1) is 21.6. The van der Waals surface area contributed by atoms with E-state index in [-0.39, 0.29) is 10.6 Å². The fourth-order valence-electron chi connectivity index (χ4n) is 3.99. The molecular formula is C21H13ClF3IN4O. The lowest BCUT2D eigenvalue weighted by Gasteiger charge is -2.35. The SMILES string of the molecule is CC1([C@H](c2ccc(C#N)cc2)c2cc(Cl)cc(C(F)(F)F)c2)C(=O)Nc2ncc(I)n21. The number of alkyl halides is 3. The fourth-order valence-corrected chi connectivity index (χ4v) is 5.10. The van der Waals surface area contributed by atoms with Crippen LogP contribution >= 0.6 is 34.2 Å². The number of rotatable bonds is 3. The number of imidazole rings is 1. The topological polar surface area (TPSA) is 70.7 Å². The maximum absolute atomic E-state index is 13.5. The van der Waals surface area contributed by atoms with E-state index in [2.05, 4.69) is 10.3 Å². The predicted octanol–water partition coefficient (Wildman–Crippen LogP) is 5.53. The molecule has 0 saturated heterocycles. The van der Waals surface area contributed by atoms with Gasteiger partial charge in [-0.2, -0.15) is 18.4 Å². The molecular weight excluding hydrogens is 544 g/mol. The normalized spacial score (nSPS) is 18.9. The van der Waals surface area contributed by atoms with Crippen LogP contribution in [-0.4, -0.2) is 15.5 Å². The molecule has 2 aromatic carbocycles. The summed E-state index contributed by atoms with van der Waals surface area (Å²) in [7, 11) is 0. The zero-order valence-electron chi connectivity index (χ0n) is 15.8. The average molecular weight is 557 g/mol. The number of anilines is 1. The Hall–Kier alpha value is -2.58. The lowest BCUT2D eigenvalue weighted by Crippen LogP contribution is -2.43. The lowest BCUT2D eigenvalue weighted by atomic mass is 9.75. The quantitative estimate of drug-likeness (QED) is 0.431. The monoisotopic (exact) mass is 556 g/mol. The highest BCUT2D eigenvalue weighted by Gasteiger charge is 2.51. The summed E-state index contributed by atoms with van der Waals surface area (Å²) in [6.07, 6.45) is -3.04. The van der Waals surface area contributed by atoms with E-state index >= 15 is 0 Å². The molecule has 3 aromatic rings. The first-order valence-corrected chi connectivity index (χ1v) is 10.4. The molecule has 0 saturated carbocycles. The van der Waals surface area contributed by atoms with Crippen molar-refractivity contribution in [3.8, 4) is 6.07 Å². The van der Waals surface area contributed by atoms with Gasteiger partial charge in [-0.05, 0) is 71.0 Å². The number of nitriles is 1. The summed E-state index contributed by atoms with van der Waals surface area (Å²) in [5.41, 5.74) is -1.06. The van der Waals surface area contributed by atoms with Crippen LogP contribution in [0.15, 0.2) is 48.7 Å². The average Bonchev–Trinajstić information content (AvgIpc) is 3.19. The lowest BCUT2D eigenvalue weighted by molar-refractivity contribution is -0.137. The minimum atomic E-state index is -4.61. The van der Waals surface area contributed by atoms with Gasteiger partial charge >= 0.3 is 6.18 Å². The van der Waals surface area contributed by atoms with Crippen molar-refractivity contribution in [2.45, 2.75) is 24.6 Å². The first-order chi connectivity index (χ1) is 14.6. The molecule has 0 aliphatic carbocycles. The third-order valence-electron chi connectivity index (χ3n) is 5.38. The van der Waals surface area contributed by atoms with Gasteiger partial charge in [0.1, 0.15) is 9.24 Å². The number of amides is 1. The Bertz CT molecular complexity index is 1230. The number of hydrogen-bond acceptors (Lipinski definition) is 3. The van der Waals surface area contributed by atoms with Gasteiger partial charge in [0.05, 0.1) is 23.4 Å². The predicted molar refractivity (Wildman–Crippen MR) is 117 cm³/mol. The third kappa shape index (κ3) is 3.57. The smallest absolute Gasteiger partial charge is 0.294 e. The molecule has 1 aromatic heterocycles. The van der Waals surface area contributed by atoms with E-state index in [0.717, 1.165) is 12.1 Å². The molecule has 10 heteroatoms. The second-order valence-electron chi connectivity index (χ2n) is 7.28. The number of nitrogens with zero attached hydrogens (tertiary/aromatic N) is 3. The molecule has 31 heavy (non-hydrogen) atoms. The second-order valence-corrected chi connectivity index (χ2v) is 8.82. The van der Waals surface area contributed by atoms with Crippen LogP contribution in [0, 0.1) is 15.0 Å². The first-order valence-electron chi connectivity index (χ1n) is 8.98. The molecule has 1 aliphatic heterocycles. The van der Waals surface area contributed by atoms with Crippen molar-refractivity contribution < 1.29 is 18.0 Å². The second kappa shape index (κ2) is 7.53. The summed E-state index contributed by atoms with van der Waals surface area (Å²) in [4.78, 5) is 17.3. The van der Waals surface area contributed by atoms with Crippen LogP contribution in [0.5, 0.6) is 0 Å². The van der Waals surface area contributed by atoms with E-state index in [1.54, 1.807) is 42.0 Å². The van der Waals surface area contributed by atoms with Crippen molar-refractivity contribution in [1.82, 2.24) is 9.55 Å². The summed E-state index contributed by atoms with van der Waals surface area (Å²) >= 11 is 8.10. The van der Waals surface area contributed by atoms with Crippen LogP contribution in [0.3, 0.4) is 0 Å². The number of nitrogens with one attached hydrogen (secondary N) is 1. The van der Waals surface area contributed by atoms with Crippen LogP contribution < -0.4 is 5.32 Å². The molecule has 0 radical (unpaired) electrons. The number of hydrogen-bond donors (Lipinski definition) is 1. The molecule has 1 aliphatic rings. The molecule has 158 valence electrons. The minimum Gasteiger partial charge on any atom is -0.294 e. The van der Waals surface area contributed by atoms with E-state index < -0.39 is 29.1 Å². The van der Waals surface area contributed by atoms with Gasteiger partial charge in [-0.3, -0.25) is 14.7 Å². The molecule has 0 spiro atoms. The highest BCUT2D eigenvalue weighted by atomic mass is 127. The highest BCUT2D eigenvalue weighted by Crippen LogP contribution is 2.47. The van der Waals surface area contributed by atoms with Crippen LogP contribution in [-0.2, 0) is 16.5 Å². The van der Waals surface area contributed by atoms with Crippen molar-refractivity contribution in [2.75, 3.05) is 5.32 Å². The number of carbonyl (C=O) groups excluding carboxylic acids is 1. The number of halogens is 5. The zero-order valence-corrected chi connectivity index (χ0v) is 18.7. The molecule has 5 nitrogen and oxygen atoms in total. The molecule has 1 unspecified atom stereocenters. The van der Waals surface area contributed by atoms with E-state index in [1.807, 2.05) is 28.7 Å². The van der Waals surface area contributed by atoms with Crippen molar-refractivity contribution in [1.29, 1.82) is 5.26 Å². The molecule has 0 fully saturated rings. The van der Waals surface area contributed by atoms with Gasteiger partial charge in [0.25, 0.3) is 5.91 Å². The summed E-state index contributed by atoms with van der Waals surface area (Å²) in [5.74, 6) is -0.936. The van der Waals surface area contributed by atoms with Crippen molar-refractivity contribution in [2.24, 2.45) is 0 Å². The number of aromatic nitrogens is 2. The molecule has 2 heterocycles. The Morgan fingerprint density at radius 2 is 1.90 bits per heavy atom. The van der Waals surface area contributed by atoms with Gasteiger partial charge in [-0.1, -0.05) is 23.7 Å². The maximum atomic E-state index is 13.5. The standard InChI is InChI=1S/C21H13ClF3IN4O/c1-20(18(31)29-19-28-10-16(26)30(19)20)17(12-4-2-11(9-27)3-5-12)13-6-14(21(23,24)25)8-15(22)7-13/h2-8,10,17H,1H3,(H,28,29,31)/t17-,20?/m1/s1. The minimum absolute atomic E-state index is 0.0916. The van der Waals surface area contributed by atoms with Crippen molar-refractivity contribution in [3.63, 3.8) is 0 Å². The summed E-state index contributed by atoms with van der Waals surface area (Å²) < 4.78 is 42.9. The van der Waals surface area contributed by atoms with Gasteiger partial charge in [0.2, 0.25) is 5.95 Å². The summed E-state index contributed by atoms with van der Waals surface area (Å²) in [5, 5.41) is 11.7. The number of fused-ring (bicyclic) bond motifs is 1. The maximum Gasteiger partial charge on any atom is 0.416 e. The molecule has 4 rings (SSSR count).